The van der Waals surface area contributed by atoms with Crippen LogP contribution in [0.15, 0.2) is 11.6 Å². The van der Waals surface area contributed by atoms with E-state index in [-0.39, 0.29) is 11.9 Å². The Bertz CT molecular complexity index is 514. The van der Waals surface area contributed by atoms with Gasteiger partial charge in [0.1, 0.15) is 0 Å². The molecule has 104 valence electrons. The van der Waals surface area contributed by atoms with Crippen LogP contribution in [0.25, 0.3) is 0 Å². The molecule has 1 heterocycles. The van der Waals surface area contributed by atoms with Gasteiger partial charge in [0.25, 0.3) is 0 Å². The molecular weight excluding hydrogens is 238 g/mol. The Morgan fingerprint density at radius 3 is 2.79 bits per heavy atom. The quantitative estimate of drug-likeness (QED) is 0.847. The van der Waals surface area contributed by atoms with E-state index in [1.54, 1.807) is 0 Å². The van der Waals surface area contributed by atoms with Gasteiger partial charge in [-0.1, -0.05) is 11.6 Å². The summed E-state index contributed by atoms with van der Waals surface area (Å²) in [5.74, 6) is 0.114. The Morgan fingerprint density at radius 1 is 1.53 bits per heavy atom. The summed E-state index contributed by atoms with van der Waals surface area (Å²) in [6.07, 6.45) is 6.14. The number of hydrogen-bond donors (Lipinski definition) is 1. The average Bonchev–Trinajstić information content (AvgIpc) is 2.88. The van der Waals surface area contributed by atoms with Crippen molar-refractivity contribution in [2.24, 2.45) is 7.05 Å². The average molecular weight is 261 g/mol. The monoisotopic (exact) mass is 261 g/mol. The van der Waals surface area contributed by atoms with E-state index >= 15 is 0 Å². The van der Waals surface area contributed by atoms with Gasteiger partial charge in [0.15, 0.2) is 0 Å². The van der Waals surface area contributed by atoms with Crippen LogP contribution in [-0.4, -0.2) is 15.7 Å². The summed E-state index contributed by atoms with van der Waals surface area (Å²) in [5, 5.41) is 7.48. The van der Waals surface area contributed by atoms with Crippen LogP contribution in [0.1, 0.15) is 55.6 Å². The van der Waals surface area contributed by atoms with Gasteiger partial charge in [-0.25, -0.2) is 0 Å². The SMILES string of the molecule is Cc1nn(C)c(C)c1[C@@H](C)NC(=O)CC1=CCCC1. The van der Waals surface area contributed by atoms with Crippen molar-refractivity contribution in [3.8, 4) is 0 Å². The molecule has 1 aliphatic carbocycles. The third-order valence-electron chi connectivity index (χ3n) is 3.90. The molecule has 1 N–H and O–H groups in total. The number of carbonyl (C=O) groups excluding carboxylic acids is 1. The maximum Gasteiger partial charge on any atom is 0.224 e. The maximum absolute atomic E-state index is 12.0. The fourth-order valence-corrected chi connectivity index (χ4v) is 2.89. The minimum absolute atomic E-state index is 0.0169. The fourth-order valence-electron chi connectivity index (χ4n) is 2.89. The van der Waals surface area contributed by atoms with Crippen LogP contribution >= 0.6 is 0 Å². The third kappa shape index (κ3) is 3.06. The standard InChI is InChI=1S/C15H23N3O/c1-10(15-11(2)17-18(4)12(15)3)16-14(19)9-13-7-5-6-8-13/h7,10H,5-6,8-9H2,1-4H3,(H,16,19)/t10-/m1/s1. The van der Waals surface area contributed by atoms with Gasteiger partial charge < -0.3 is 5.32 Å². The minimum Gasteiger partial charge on any atom is -0.349 e. The lowest BCUT2D eigenvalue weighted by Crippen LogP contribution is -2.27. The highest BCUT2D eigenvalue weighted by Crippen LogP contribution is 2.23. The number of amides is 1. The highest BCUT2D eigenvalue weighted by atomic mass is 16.1. The Kier molecular flexibility index (Phi) is 4.08. The van der Waals surface area contributed by atoms with E-state index in [1.807, 2.05) is 32.5 Å². The molecule has 1 aromatic heterocycles. The minimum atomic E-state index is 0.0169. The second-order valence-electron chi connectivity index (χ2n) is 5.43. The van der Waals surface area contributed by atoms with Crippen molar-refractivity contribution in [1.82, 2.24) is 15.1 Å². The summed E-state index contributed by atoms with van der Waals surface area (Å²) in [6.45, 7) is 6.06. The molecule has 0 aromatic carbocycles. The Labute approximate surface area is 114 Å². The van der Waals surface area contributed by atoms with Crippen LogP contribution in [0, 0.1) is 13.8 Å². The predicted octanol–water partition coefficient (Wildman–Crippen LogP) is 2.71. The van der Waals surface area contributed by atoms with Crippen molar-refractivity contribution in [3.63, 3.8) is 0 Å². The summed E-state index contributed by atoms with van der Waals surface area (Å²) >= 11 is 0. The molecule has 0 aliphatic heterocycles. The van der Waals surface area contributed by atoms with Crippen LogP contribution in [0.4, 0.5) is 0 Å². The Hall–Kier alpha value is -1.58. The number of allylic oxidation sites excluding steroid dienone is 1. The van der Waals surface area contributed by atoms with E-state index in [4.69, 9.17) is 0 Å². The number of aryl methyl sites for hydroxylation is 2. The molecule has 0 unspecified atom stereocenters. The van der Waals surface area contributed by atoms with Crippen LogP contribution in [0.2, 0.25) is 0 Å². The van der Waals surface area contributed by atoms with Gasteiger partial charge in [0.2, 0.25) is 5.91 Å². The summed E-state index contributed by atoms with van der Waals surface area (Å²) in [7, 11) is 1.93. The molecule has 0 fully saturated rings. The summed E-state index contributed by atoms with van der Waals surface area (Å²) < 4.78 is 1.87. The number of carbonyl (C=O) groups is 1. The molecule has 0 saturated heterocycles. The zero-order chi connectivity index (χ0) is 14.0. The zero-order valence-corrected chi connectivity index (χ0v) is 12.3. The summed E-state index contributed by atoms with van der Waals surface area (Å²) in [4.78, 5) is 12.0. The first-order valence-corrected chi connectivity index (χ1v) is 6.96. The van der Waals surface area contributed by atoms with Gasteiger partial charge in [-0.05, 0) is 40.0 Å². The van der Waals surface area contributed by atoms with Gasteiger partial charge in [-0.15, -0.1) is 0 Å². The van der Waals surface area contributed by atoms with Gasteiger partial charge in [0.05, 0.1) is 11.7 Å². The largest absolute Gasteiger partial charge is 0.349 e. The number of nitrogens with zero attached hydrogens (tertiary/aromatic N) is 2. The first kappa shape index (κ1) is 13.8. The van der Waals surface area contributed by atoms with Crippen molar-refractivity contribution in [3.05, 3.63) is 28.6 Å². The summed E-state index contributed by atoms with van der Waals surface area (Å²) in [6, 6.07) is 0.0169. The second kappa shape index (κ2) is 5.59. The van der Waals surface area contributed by atoms with Gasteiger partial charge in [-0.2, -0.15) is 5.10 Å². The van der Waals surface area contributed by atoms with Crippen molar-refractivity contribution >= 4 is 5.91 Å². The van der Waals surface area contributed by atoms with E-state index < -0.39 is 0 Å². The number of rotatable bonds is 4. The highest BCUT2D eigenvalue weighted by Gasteiger charge is 2.18. The molecule has 1 aromatic rings. The van der Waals surface area contributed by atoms with Crippen molar-refractivity contribution in [2.75, 3.05) is 0 Å². The van der Waals surface area contributed by atoms with E-state index in [1.165, 1.54) is 12.0 Å². The Morgan fingerprint density at radius 2 is 2.26 bits per heavy atom. The predicted molar refractivity (Wildman–Crippen MR) is 75.8 cm³/mol. The zero-order valence-electron chi connectivity index (χ0n) is 12.3. The molecule has 0 saturated carbocycles. The molecule has 0 spiro atoms. The number of aromatic nitrogens is 2. The smallest absolute Gasteiger partial charge is 0.224 e. The fraction of sp³-hybridized carbons (Fsp3) is 0.600. The molecule has 19 heavy (non-hydrogen) atoms. The van der Waals surface area contributed by atoms with E-state index in [0.29, 0.717) is 6.42 Å². The van der Waals surface area contributed by atoms with E-state index in [9.17, 15) is 4.79 Å². The van der Waals surface area contributed by atoms with E-state index in [0.717, 1.165) is 29.8 Å². The van der Waals surface area contributed by atoms with Gasteiger partial charge >= 0.3 is 0 Å². The molecule has 2 rings (SSSR count). The van der Waals surface area contributed by atoms with Crippen molar-refractivity contribution in [1.29, 1.82) is 0 Å². The van der Waals surface area contributed by atoms with Crippen LogP contribution < -0.4 is 5.32 Å². The molecule has 4 nitrogen and oxygen atoms in total. The van der Waals surface area contributed by atoms with E-state index in [2.05, 4.69) is 16.5 Å². The molecule has 0 radical (unpaired) electrons. The lowest BCUT2D eigenvalue weighted by molar-refractivity contribution is -0.121. The number of hydrogen-bond acceptors (Lipinski definition) is 2. The first-order valence-electron chi connectivity index (χ1n) is 6.96. The molecule has 0 bridgehead atoms. The molecular formula is C15H23N3O. The van der Waals surface area contributed by atoms with Crippen molar-refractivity contribution < 1.29 is 4.79 Å². The van der Waals surface area contributed by atoms with Crippen LogP contribution in [-0.2, 0) is 11.8 Å². The Balaban J connectivity index is 2.00. The van der Waals surface area contributed by atoms with Crippen LogP contribution in [0.5, 0.6) is 0 Å². The summed E-state index contributed by atoms with van der Waals surface area (Å²) in [5.41, 5.74) is 4.53. The molecule has 1 amide bonds. The van der Waals surface area contributed by atoms with Gasteiger partial charge in [-0.3, -0.25) is 9.48 Å². The molecule has 1 atom stereocenters. The first-order chi connectivity index (χ1) is 8.99. The lowest BCUT2D eigenvalue weighted by Gasteiger charge is -2.15. The topological polar surface area (TPSA) is 46.9 Å². The normalized spacial score (nSPS) is 16.3. The maximum atomic E-state index is 12.0. The molecule has 4 heteroatoms. The number of nitrogens with one attached hydrogen (secondary N) is 1. The van der Waals surface area contributed by atoms with Gasteiger partial charge in [0, 0.05) is 24.7 Å². The second-order valence-corrected chi connectivity index (χ2v) is 5.43. The molecule has 1 aliphatic rings. The lowest BCUT2D eigenvalue weighted by atomic mass is 10.1. The van der Waals surface area contributed by atoms with Crippen LogP contribution in [0.3, 0.4) is 0 Å². The highest BCUT2D eigenvalue weighted by molar-refractivity contribution is 5.79. The van der Waals surface area contributed by atoms with Crippen molar-refractivity contribution in [2.45, 2.75) is 52.5 Å². The third-order valence-corrected chi connectivity index (χ3v) is 3.90.